The molecule has 0 aromatic carbocycles. The van der Waals surface area contributed by atoms with Gasteiger partial charge in [-0.2, -0.15) is 0 Å². The minimum absolute atomic E-state index is 0.0954. The Balaban J connectivity index is 1.42. The highest BCUT2D eigenvalue weighted by Gasteiger charge is 2.37. The molecular formula is C18H24N4O2. The van der Waals surface area contributed by atoms with Crippen LogP contribution in [0.15, 0.2) is 18.3 Å². The molecule has 3 saturated heterocycles. The number of aromatic nitrogens is 1. The van der Waals surface area contributed by atoms with Gasteiger partial charge in [-0.3, -0.25) is 9.59 Å². The van der Waals surface area contributed by atoms with E-state index in [-0.39, 0.29) is 11.8 Å². The fraction of sp³-hybridized carbons (Fsp3) is 0.611. The molecular weight excluding hydrogens is 304 g/mol. The van der Waals surface area contributed by atoms with Crippen molar-refractivity contribution in [1.82, 2.24) is 15.2 Å². The van der Waals surface area contributed by atoms with E-state index in [1.54, 1.807) is 6.20 Å². The van der Waals surface area contributed by atoms with E-state index in [0.717, 1.165) is 51.3 Å². The number of nitrogens with one attached hydrogen (secondary N) is 1. The van der Waals surface area contributed by atoms with Crippen molar-refractivity contribution in [3.05, 3.63) is 23.9 Å². The van der Waals surface area contributed by atoms with Crippen LogP contribution in [-0.2, 0) is 4.79 Å². The maximum atomic E-state index is 12.5. The van der Waals surface area contributed by atoms with E-state index in [9.17, 15) is 9.59 Å². The zero-order chi connectivity index (χ0) is 16.5. The monoisotopic (exact) mass is 328 g/mol. The van der Waals surface area contributed by atoms with Crippen LogP contribution in [0.5, 0.6) is 0 Å². The maximum Gasteiger partial charge on any atom is 0.255 e. The lowest BCUT2D eigenvalue weighted by Crippen LogP contribution is -2.45. The van der Waals surface area contributed by atoms with Crippen molar-refractivity contribution in [2.24, 2.45) is 5.92 Å². The van der Waals surface area contributed by atoms with E-state index in [4.69, 9.17) is 0 Å². The minimum atomic E-state index is 0.0954. The second-order valence-corrected chi connectivity index (χ2v) is 7.13. The number of fused-ring (bicyclic) bond motifs is 1. The first-order chi connectivity index (χ1) is 11.7. The molecule has 3 aliphatic heterocycles. The van der Waals surface area contributed by atoms with Gasteiger partial charge in [0.2, 0.25) is 5.91 Å². The molecule has 1 N–H and O–H groups in total. The molecule has 1 aromatic heterocycles. The number of likely N-dealkylation sites (tertiary alicyclic amines) is 1. The summed E-state index contributed by atoms with van der Waals surface area (Å²) >= 11 is 0. The number of anilines is 1. The zero-order valence-corrected chi connectivity index (χ0v) is 13.9. The molecule has 4 rings (SSSR count). The molecule has 0 bridgehead atoms. The van der Waals surface area contributed by atoms with E-state index in [1.165, 1.54) is 6.42 Å². The number of amides is 2. The number of rotatable bonds is 2. The number of nitrogens with zero attached hydrogens (tertiary/aromatic N) is 3. The van der Waals surface area contributed by atoms with Crippen molar-refractivity contribution in [3.63, 3.8) is 0 Å². The Hall–Kier alpha value is -2.11. The van der Waals surface area contributed by atoms with Crippen LogP contribution in [0.3, 0.4) is 0 Å². The number of hydrogen-bond acceptors (Lipinski definition) is 4. The molecule has 0 radical (unpaired) electrons. The first-order valence-electron chi connectivity index (χ1n) is 9.00. The molecule has 0 aliphatic carbocycles. The normalized spacial score (nSPS) is 26.9. The van der Waals surface area contributed by atoms with Crippen LogP contribution >= 0.6 is 0 Å². The largest absolute Gasteiger partial charge is 0.356 e. The van der Waals surface area contributed by atoms with Gasteiger partial charge in [0.1, 0.15) is 5.82 Å². The maximum absolute atomic E-state index is 12.5. The first-order valence-corrected chi connectivity index (χ1v) is 9.00. The molecule has 1 aromatic rings. The predicted molar refractivity (Wildman–Crippen MR) is 90.9 cm³/mol. The van der Waals surface area contributed by atoms with Gasteiger partial charge in [0.05, 0.1) is 5.56 Å². The van der Waals surface area contributed by atoms with Crippen molar-refractivity contribution >= 4 is 17.6 Å². The molecule has 6 nitrogen and oxygen atoms in total. The third-order valence-electron chi connectivity index (χ3n) is 5.49. The lowest BCUT2D eigenvalue weighted by molar-refractivity contribution is -0.119. The van der Waals surface area contributed by atoms with Crippen LogP contribution in [0.2, 0.25) is 0 Å². The average molecular weight is 328 g/mol. The fourth-order valence-corrected chi connectivity index (χ4v) is 4.12. The molecule has 3 aliphatic rings. The van der Waals surface area contributed by atoms with Crippen molar-refractivity contribution in [1.29, 1.82) is 0 Å². The fourth-order valence-electron chi connectivity index (χ4n) is 4.12. The van der Waals surface area contributed by atoms with Gasteiger partial charge < -0.3 is 15.1 Å². The van der Waals surface area contributed by atoms with Crippen LogP contribution in [0.4, 0.5) is 5.82 Å². The Morgan fingerprint density at radius 1 is 1.17 bits per heavy atom. The highest BCUT2D eigenvalue weighted by atomic mass is 16.2. The SMILES string of the molecule is O=C1C[C@@H]2CN(c3ccc(C(=O)N4CCCCC4)cn3)CC[C@@H]2N1. The van der Waals surface area contributed by atoms with Gasteiger partial charge in [-0.15, -0.1) is 0 Å². The second kappa shape index (κ2) is 6.42. The molecule has 2 atom stereocenters. The molecule has 6 heteroatoms. The summed E-state index contributed by atoms with van der Waals surface area (Å²) in [6.45, 7) is 3.47. The van der Waals surface area contributed by atoms with E-state index >= 15 is 0 Å². The third kappa shape index (κ3) is 2.97. The molecule has 0 spiro atoms. The Kier molecular flexibility index (Phi) is 4.12. The van der Waals surface area contributed by atoms with Crippen molar-refractivity contribution in [3.8, 4) is 0 Å². The molecule has 0 saturated carbocycles. The second-order valence-electron chi connectivity index (χ2n) is 7.13. The van der Waals surface area contributed by atoms with Crippen LogP contribution in [-0.4, -0.2) is 53.9 Å². The van der Waals surface area contributed by atoms with Gasteiger partial charge >= 0.3 is 0 Å². The highest BCUT2D eigenvalue weighted by molar-refractivity contribution is 5.94. The number of carbonyl (C=O) groups is 2. The number of piperidine rings is 2. The van der Waals surface area contributed by atoms with E-state index in [1.807, 2.05) is 17.0 Å². The summed E-state index contributed by atoms with van der Waals surface area (Å²) in [7, 11) is 0. The summed E-state index contributed by atoms with van der Waals surface area (Å²) in [4.78, 5) is 32.7. The van der Waals surface area contributed by atoms with Gasteiger partial charge in [0.15, 0.2) is 0 Å². The summed E-state index contributed by atoms with van der Waals surface area (Å²) in [6.07, 6.45) is 6.70. The highest BCUT2D eigenvalue weighted by Crippen LogP contribution is 2.28. The summed E-state index contributed by atoms with van der Waals surface area (Å²) < 4.78 is 0. The van der Waals surface area contributed by atoms with Crippen LogP contribution in [0, 0.1) is 5.92 Å². The standard InChI is InChI=1S/C18H24N4O2/c23-17-10-14-12-22(9-6-15(14)20-17)16-5-4-13(11-19-16)18(24)21-7-2-1-3-8-21/h4-5,11,14-15H,1-3,6-10,12H2,(H,20,23)/t14-,15+/m1/s1. The molecule has 128 valence electrons. The average Bonchev–Trinajstić information content (AvgIpc) is 3.01. The van der Waals surface area contributed by atoms with Crippen molar-refractivity contribution in [2.45, 2.75) is 38.1 Å². The molecule has 24 heavy (non-hydrogen) atoms. The van der Waals surface area contributed by atoms with Gasteiger partial charge in [-0.1, -0.05) is 0 Å². The van der Waals surface area contributed by atoms with Crippen molar-refractivity contribution < 1.29 is 9.59 Å². The van der Waals surface area contributed by atoms with Gasteiger partial charge in [0, 0.05) is 50.8 Å². The summed E-state index contributed by atoms with van der Waals surface area (Å²) in [5.74, 6) is 1.55. The zero-order valence-electron chi connectivity index (χ0n) is 13.9. The smallest absolute Gasteiger partial charge is 0.255 e. The summed E-state index contributed by atoms with van der Waals surface area (Å²) in [6, 6.07) is 4.17. The van der Waals surface area contributed by atoms with Crippen molar-refractivity contribution in [2.75, 3.05) is 31.1 Å². The first kappa shape index (κ1) is 15.4. The topological polar surface area (TPSA) is 65.5 Å². The lowest BCUT2D eigenvalue weighted by atomic mass is 9.93. The predicted octanol–water partition coefficient (Wildman–Crippen LogP) is 1.42. The summed E-state index contributed by atoms with van der Waals surface area (Å²) in [5.41, 5.74) is 0.674. The quantitative estimate of drug-likeness (QED) is 0.892. The van der Waals surface area contributed by atoms with E-state index in [2.05, 4.69) is 15.2 Å². The molecule has 4 heterocycles. The minimum Gasteiger partial charge on any atom is -0.356 e. The Morgan fingerprint density at radius 3 is 2.75 bits per heavy atom. The van der Waals surface area contributed by atoms with Gasteiger partial charge in [0.25, 0.3) is 5.91 Å². The van der Waals surface area contributed by atoms with E-state index in [0.29, 0.717) is 23.9 Å². The number of hydrogen-bond donors (Lipinski definition) is 1. The number of pyridine rings is 1. The Morgan fingerprint density at radius 2 is 2.00 bits per heavy atom. The molecule has 3 fully saturated rings. The van der Waals surface area contributed by atoms with E-state index < -0.39 is 0 Å². The summed E-state index contributed by atoms with van der Waals surface area (Å²) in [5, 5.41) is 3.05. The van der Waals surface area contributed by atoms with Gasteiger partial charge in [-0.25, -0.2) is 4.98 Å². The van der Waals surface area contributed by atoms with Gasteiger partial charge in [-0.05, 0) is 37.8 Å². The number of carbonyl (C=O) groups excluding carboxylic acids is 2. The van der Waals surface area contributed by atoms with Crippen LogP contribution < -0.4 is 10.2 Å². The Labute approximate surface area is 142 Å². The molecule has 0 unspecified atom stereocenters. The van der Waals surface area contributed by atoms with Crippen LogP contribution in [0.1, 0.15) is 42.5 Å². The Bertz CT molecular complexity index is 624. The van der Waals surface area contributed by atoms with Crippen LogP contribution in [0.25, 0.3) is 0 Å². The lowest BCUT2D eigenvalue weighted by Gasteiger charge is -2.35. The third-order valence-corrected chi connectivity index (χ3v) is 5.49. The molecule has 2 amide bonds.